The van der Waals surface area contributed by atoms with Gasteiger partial charge in [-0.15, -0.1) is 17.9 Å². The molecule has 0 radical (unpaired) electrons. The fraction of sp³-hybridized carbons (Fsp3) is 0.125. The molecular formula is C8H7BrOS. The molecule has 58 valence electrons. The van der Waals surface area contributed by atoms with Crippen molar-refractivity contribution in [1.82, 2.24) is 0 Å². The number of halogens is 1. The Bertz CT molecular complexity index is 277. The highest BCUT2D eigenvalue weighted by atomic mass is 79.9. The Balaban J connectivity index is 2.76. The van der Waals surface area contributed by atoms with E-state index in [1.807, 2.05) is 11.4 Å². The molecule has 0 amide bonds. The molecule has 0 fully saturated rings. The van der Waals surface area contributed by atoms with Crippen molar-refractivity contribution in [2.45, 2.75) is 6.42 Å². The summed E-state index contributed by atoms with van der Waals surface area (Å²) in [5.41, 5.74) is 0. The van der Waals surface area contributed by atoms with Crippen LogP contribution < -0.4 is 0 Å². The van der Waals surface area contributed by atoms with Crippen LogP contribution >= 0.6 is 27.3 Å². The van der Waals surface area contributed by atoms with Gasteiger partial charge < -0.3 is 0 Å². The first-order valence-electron chi connectivity index (χ1n) is 3.12. The third kappa shape index (κ3) is 2.27. The zero-order chi connectivity index (χ0) is 8.27. The van der Waals surface area contributed by atoms with E-state index in [1.165, 1.54) is 11.3 Å². The van der Waals surface area contributed by atoms with Crippen LogP contribution in [0.25, 0.3) is 0 Å². The lowest BCUT2D eigenvalue weighted by Gasteiger charge is -1.88. The molecule has 0 spiro atoms. The molecule has 3 heteroatoms. The average Bonchev–Trinajstić information content (AvgIpc) is 2.36. The molecule has 1 rings (SSSR count). The Morgan fingerprint density at radius 2 is 2.55 bits per heavy atom. The van der Waals surface area contributed by atoms with Gasteiger partial charge >= 0.3 is 0 Å². The van der Waals surface area contributed by atoms with E-state index < -0.39 is 0 Å². The second-order valence-electron chi connectivity index (χ2n) is 2.05. The zero-order valence-corrected chi connectivity index (χ0v) is 8.24. The minimum atomic E-state index is 0.135. The largest absolute Gasteiger partial charge is 0.293 e. The number of carbonyl (C=O) groups excluding carboxylic acids is 1. The molecule has 0 aliphatic carbocycles. The Kier molecular flexibility index (Phi) is 3.02. The van der Waals surface area contributed by atoms with E-state index in [0.717, 1.165) is 9.35 Å². The summed E-state index contributed by atoms with van der Waals surface area (Å²) in [6.45, 7) is 3.51. The summed E-state index contributed by atoms with van der Waals surface area (Å²) in [5.74, 6) is 0.135. The lowest BCUT2D eigenvalue weighted by molar-refractivity contribution is 0.1000. The van der Waals surface area contributed by atoms with Crippen LogP contribution in [0, 0.1) is 0 Å². The molecule has 11 heavy (non-hydrogen) atoms. The second kappa shape index (κ2) is 3.83. The van der Waals surface area contributed by atoms with Gasteiger partial charge in [-0.1, -0.05) is 6.08 Å². The van der Waals surface area contributed by atoms with E-state index in [2.05, 4.69) is 22.5 Å². The van der Waals surface area contributed by atoms with Crippen LogP contribution in [0.3, 0.4) is 0 Å². The first-order chi connectivity index (χ1) is 5.24. The molecule has 0 bridgehead atoms. The van der Waals surface area contributed by atoms with Gasteiger partial charge in [-0.2, -0.15) is 0 Å². The van der Waals surface area contributed by atoms with Crippen molar-refractivity contribution >= 4 is 33.0 Å². The molecule has 1 nitrogen and oxygen atoms in total. The van der Waals surface area contributed by atoms with Crippen LogP contribution in [0.15, 0.2) is 28.6 Å². The highest BCUT2D eigenvalue weighted by Crippen LogP contribution is 2.20. The number of Topliss-reactive ketones (excluding diaryl/α,β-unsaturated/α-hetero) is 1. The standard InChI is InChI=1S/C8H7BrOS/c1-2-3-7(10)8-4-6(9)5-11-8/h2,4-5H,1,3H2. The minimum absolute atomic E-state index is 0.135. The lowest BCUT2D eigenvalue weighted by Crippen LogP contribution is -1.91. The predicted octanol–water partition coefficient (Wildman–Crippen LogP) is 3.27. The molecule has 0 saturated carbocycles. The SMILES string of the molecule is C=CCC(=O)c1cc(Br)cs1. The number of allylic oxidation sites excluding steroid dienone is 1. The van der Waals surface area contributed by atoms with Crippen LogP contribution in [-0.4, -0.2) is 5.78 Å². The van der Waals surface area contributed by atoms with Crippen molar-refractivity contribution in [3.05, 3.63) is 33.5 Å². The molecule has 1 aromatic heterocycles. The van der Waals surface area contributed by atoms with E-state index in [-0.39, 0.29) is 5.78 Å². The van der Waals surface area contributed by atoms with Crippen LogP contribution in [0.2, 0.25) is 0 Å². The monoisotopic (exact) mass is 230 g/mol. The minimum Gasteiger partial charge on any atom is -0.293 e. The fourth-order valence-electron chi connectivity index (χ4n) is 0.691. The molecule has 1 aromatic rings. The van der Waals surface area contributed by atoms with E-state index in [9.17, 15) is 4.79 Å². The quantitative estimate of drug-likeness (QED) is 0.576. The van der Waals surface area contributed by atoms with E-state index in [1.54, 1.807) is 6.08 Å². The topological polar surface area (TPSA) is 17.1 Å². The van der Waals surface area contributed by atoms with Crippen molar-refractivity contribution < 1.29 is 4.79 Å². The van der Waals surface area contributed by atoms with Gasteiger partial charge in [0.1, 0.15) is 0 Å². The highest BCUT2D eigenvalue weighted by molar-refractivity contribution is 9.10. The molecular weight excluding hydrogens is 224 g/mol. The Morgan fingerprint density at radius 3 is 3.00 bits per heavy atom. The van der Waals surface area contributed by atoms with E-state index in [4.69, 9.17) is 0 Å². The maximum absolute atomic E-state index is 11.2. The number of hydrogen-bond acceptors (Lipinski definition) is 2. The summed E-state index contributed by atoms with van der Waals surface area (Å²) in [5, 5.41) is 1.90. The molecule has 1 heterocycles. The smallest absolute Gasteiger partial charge is 0.176 e. The molecule has 0 saturated heterocycles. The van der Waals surface area contributed by atoms with Crippen LogP contribution in [0.1, 0.15) is 16.1 Å². The van der Waals surface area contributed by atoms with Gasteiger partial charge in [0, 0.05) is 16.3 Å². The first-order valence-corrected chi connectivity index (χ1v) is 4.79. The van der Waals surface area contributed by atoms with Gasteiger partial charge in [0.25, 0.3) is 0 Å². The summed E-state index contributed by atoms with van der Waals surface area (Å²) in [6, 6.07) is 1.83. The van der Waals surface area contributed by atoms with Gasteiger partial charge in [0.15, 0.2) is 5.78 Å². The summed E-state index contributed by atoms with van der Waals surface area (Å²) >= 11 is 4.74. The third-order valence-corrected chi connectivity index (χ3v) is 2.90. The van der Waals surface area contributed by atoms with Gasteiger partial charge in [-0.3, -0.25) is 4.79 Å². The Morgan fingerprint density at radius 1 is 1.82 bits per heavy atom. The van der Waals surface area contributed by atoms with Gasteiger partial charge in [0.05, 0.1) is 4.88 Å². The average molecular weight is 231 g/mol. The third-order valence-electron chi connectivity index (χ3n) is 1.17. The Labute approximate surface area is 77.9 Å². The summed E-state index contributed by atoms with van der Waals surface area (Å²) in [6.07, 6.45) is 2.04. The van der Waals surface area contributed by atoms with Crippen molar-refractivity contribution in [3.63, 3.8) is 0 Å². The number of rotatable bonds is 3. The lowest BCUT2D eigenvalue weighted by atomic mass is 10.2. The van der Waals surface area contributed by atoms with Crippen LogP contribution in [-0.2, 0) is 0 Å². The fourth-order valence-corrected chi connectivity index (χ4v) is 2.07. The molecule has 0 aliphatic rings. The maximum Gasteiger partial charge on any atom is 0.176 e. The predicted molar refractivity (Wildman–Crippen MR) is 51.2 cm³/mol. The van der Waals surface area contributed by atoms with Crippen molar-refractivity contribution in [2.75, 3.05) is 0 Å². The van der Waals surface area contributed by atoms with E-state index in [0.29, 0.717) is 6.42 Å². The molecule has 0 N–H and O–H groups in total. The number of thiophene rings is 1. The molecule has 0 aliphatic heterocycles. The Hall–Kier alpha value is -0.410. The van der Waals surface area contributed by atoms with Crippen molar-refractivity contribution in [1.29, 1.82) is 0 Å². The van der Waals surface area contributed by atoms with Gasteiger partial charge in [0.2, 0.25) is 0 Å². The highest BCUT2D eigenvalue weighted by Gasteiger charge is 2.05. The first kappa shape index (κ1) is 8.68. The normalized spacial score (nSPS) is 9.55. The summed E-state index contributed by atoms with van der Waals surface area (Å²) in [7, 11) is 0. The van der Waals surface area contributed by atoms with Crippen molar-refractivity contribution in [3.8, 4) is 0 Å². The number of hydrogen-bond donors (Lipinski definition) is 0. The summed E-state index contributed by atoms with van der Waals surface area (Å²) < 4.78 is 0.968. The molecule has 0 atom stereocenters. The molecule has 0 aromatic carbocycles. The summed E-state index contributed by atoms with van der Waals surface area (Å²) in [4.78, 5) is 12.0. The second-order valence-corrected chi connectivity index (χ2v) is 3.87. The zero-order valence-electron chi connectivity index (χ0n) is 5.84. The van der Waals surface area contributed by atoms with Crippen molar-refractivity contribution in [2.24, 2.45) is 0 Å². The number of carbonyl (C=O) groups is 1. The maximum atomic E-state index is 11.2. The molecule has 0 unspecified atom stereocenters. The number of ketones is 1. The van der Waals surface area contributed by atoms with E-state index >= 15 is 0 Å². The van der Waals surface area contributed by atoms with Gasteiger partial charge in [-0.05, 0) is 22.0 Å². The van der Waals surface area contributed by atoms with Crippen LogP contribution in [0.5, 0.6) is 0 Å². The van der Waals surface area contributed by atoms with Gasteiger partial charge in [-0.25, -0.2) is 0 Å². The van der Waals surface area contributed by atoms with Crippen LogP contribution in [0.4, 0.5) is 0 Å².